The number of hydrogen-bond donors (Lipinski definition) is 4. The zero-order valence-electron chi connectivity index (χ0n) is 8.60. The van der Waals surface area contributed by atoms with E-state index in [-0.39, 0.29) is 5.56 Å². The molecule has 0 saturated carbocycles. The lowest BCUT2D eigenvalue weighted by atomic mass is 10.2. The van der Waals surface area contributed by atoms with Crippen LogP contribution in [-0.2, 0) is 4.79 Å². The van der Waals surface area contributed by atoms with E-state index in [1.165, 1.54) is 19.1 Å². The number of carbonyl (C=O) groups excluding carboxylic acids is 1. The SMILES string of the molecule is C[C@@H](N)C(=O)Nc1ccc(C(=O)O)c(O)c1. The highest BCUT2D eigenvalue weighted by atomic mass is 16.4. The van der Waals surface area contributed by atoms with Crippen LogP contribution in [0.5, 0.6) is 5.75 Å². The minimum absolute atomic E-state index is 0.223. The molecule has 0 heterocycles. The standard InChI is InChI=1S/C10H12N2O4/c1-5(11)9(14)12-6-2-3-7(10(15)16)8(13)4-6/h2-5,13H,11H2,1H3,(H,12,14)(H,15,16)/t5-/m1/s1. The molecule has 16 heavy (non-hydrogen) atoms. The molecule has 0 fully saturated rings. The summed E-state index contributed by atoms with van der Waals surface area (Å²) in [5, 5.41) is 20.4. The Bertz CT molecular complexity index is 429. The minimum Gasteiger partial charge on any atom is -0.507 e. The number of benzene rings is 1. The molecule has 0 aliphatic rings. The lowest BCUT2D eigenvalue weighted by Crippen LogP contribution is -2.32. The Balaban J connectivity index is 2.90. The van der Waals surface area contributed by atoms with Gasteiger partial charge in [0.05, 0.1) is 6.04 Å². The van der Waals surface area contributed by atoms with Crippen molar-refractivity contribution >= 4 is 17.6 Å². The number of rotatable bonds is 3. The smallest absolute Gasteiger partial charge is 0.339 e. The highest BCUT2D eigenvalue weighted by Crippen LogP contribution is 2.21. The van der Waals surface area contributed by atoms with Crippen molar-refractivity contribution in [3.05, 3.63) is 23.8 Å². The lowest BCUT2D eigenvalue weighted by Gasteiger charge is -2.08. The van der Waals surface area contributed by atoms with Gasteiger partial charge in [-0.25, -0.2) is 4.79 Å². The van der Waals surface area contributed by atoms with Crippen LogP contribution in [0.25, 0.3) is 0 Å². The molecule has 1 atom stereocenters. The van der Waals surface area contributed by atoms with Crippen molar-refractivity contribution < 1.29 is 19.8 Å². The molecule has 0 bridgehead atoms. The Kier molecular flexibility index (Phi) is 3.47. The summed E-state index contributed by atoms with van der Waals surface area (Å²) in [7, 11) is 0. The Morgan fingerprint density at radius 2 is 2.06 bits per heavy atom. The third-order valence-corrected chi connectivity index (χ3v) is 1.91. The molecule has 5 N–H and O–H groups in total. The molecule has 6 nitrogen and oxygen atoms in total. The van der Waals surface area contributed by atoms with Crippen LogP contribution in [0.15, 0.2) is 18.2 Å². The summed E-state index contributed by atoms with van der Waals surface area (Å²) in [5.41, 5.74) is 5.40. The van der Waals surface area contributed by atoms with Gasteiger partial charge in [0.2, 0.25) is 5.91 Å². The van der Waals surface area contributed by atoms with Crippen LogP contribution in [-0.4, -0.2) is 28.1 Å². The van der Waals surface area contributed by atoms with Crippen LogP contribution in [0.2, 0.25) is 0 Å². The van der Waals surface area contributed by atoms with E-state index < -0.39 is 23.7 Å². The second kappa shape index (κ2) is 4.63. The summed E-state index contributed by atoms with van der Waals surface area (Å²) < 4.78 is 0. The van der Waals surface area contributed by atoms with Gasteiger partial charge in [0, 0.05) is 11.8 Å². The molecule has 1 aromatic carbocycles. The van der Waals surface area contributed by atoms with Gasteiger partial charge in [-0.15, -0.1) is 0 Å². The summed E-state index contributed by atoms with van der Waals surface area (Å²) in [6, 6.07) is 3.06. The van der Waals surface area contributed by atoms with E-state index in [0.717, 1.165) is 6.07 Å². The lowest BCUT2D eigenvalue weighted by molar-refractivity contribution is -0.117. The van der Waals surface area contributed by atoms with Crippen molar-refractivity contribution in [3.63, 3.8) is 0 Å². The molecule has 6 heteroatoms. The number of nitrogens with two attached hydrogens (primary N) is 1. The summed E-state index contributed by atoms with van der Waals surface area (Å²) in [5.74, 6) is -2.06. The average molecular weight is 224 g/mol. The van der Waals surface area contributed by atoms with Crippen molar-refractivity contribution in [2.24, 2.45) is 5.73 Å². The second-order valence-corrected chi connectivity index (χ2v) is 3.32. The fourth-order valence-electron chi connectivity index (χ4n) is 1.05. The normalized spacial score (nSPS) is 11.9. The van der Waals surface area contributed by atoms with Gasteiger partial charge in [-0.3, -0.25) is 4.79 Å². The zero-order chi connectivity index (χ0) is 12.3. The Hall–Kier alpha value is -2.08. The predicted molar refractivity (Wildman–Crippen MR) is 57.3 cm³/mol. The quantitative estimate of drug-likeness (QED) is 0.592. The molecular weight excluding hydrogens is 212 g/mol. The number of carbonyl (C=O) groups is 2. The molecule has 1 rings (SSSR count). The second-order valence-electron chi connectivity index (χ2n) is 3.32. The van der Waals surface area contributed by atoms with Gasteiger partial charge in [-0.05, 0) is 19.1 Å². The molecule has 0 unspecified atom stereocenters. The topological polar surface area (TPSA) is 113 Å². The van der Waals surface area contributed by atoms with E-state index in [0.29, 0.717) is 5.69 Å². The van der Waals surface area contributed by atoms with Gasteiger partial charge in [-0.1, -0.05) is 0 Å². The van der Waals surface area contributed by atoms with Crippen molar-refractivity contribution in [2.75, 3.05) is 5.32 Å². The Morgan fingerprint density at radius 1 is 1.44 bits per heavy atom. The number of nitrogens with one attached hydrogen (secondary N) is 1. The third-order valence-electron chi connectivity index (χ3n) is 1.91. The molecule has 0 radical (unpaired) electrons. The van der Waals surface area contributed by atoms with Gasteiger partial charge in [0.15, 0.2) is 0 Å². The van der Waals surface area contributed by atoms with E-state index >= 15 is 0 Å². The number of hydrogen-bond acceptors (Lipinski definition) is 4. The van der Waals surface area contributed by atoms with Gasteiger partial charge in [-0.2, -0.15) is 0 Å². The summed E-state index contributed by atoms with van der Waals surface area (Å²) in [6.07, 6.45) is 0. The van der Waals surface area contributed by atoms with E-state index in [9.17, 15) is 14.7 Å². The molecule has 1 amide bonds. The van der Waals surface area contributed by atoms with Crippen molar-refractivity contribution in [1.29, 1.82) is 0 Å². The molecule has 0 spiro atoms. The number of amides is 1. The van der Waals surface area contributed by atoms with Gasteiger partial charge >= 0.3 is 5.97 Å². The van der Waals surface area contributed by atoms with Crippen LogP contribution in [0.3, 0.4) is 0 Å². The maximum Gasteiger partial charge on any atom is 0.339 e. The van der Waals surface area contributed by atoms with E-state index in [1.54, 1.807) is 0 Å². The highest BCUT2D eigenvalue weighted by Gasteiger charge is 2.12. The molecule has 0 aliphatic carbocycles. The van der Waals surface area contributed by atoms with E-state index in [4.69, 9.17) is 10.8 Å². The Labute approximate surface area is 91.7 Å². The first kappa shape index (κ1) is 12.0. The monoisotopic (exact) mass is 224 g/mol. The maximum atomic E-state index is 11.2. The Morgan fingerprint density at radius 3 is 2.50 bits per heavy atom. The molecule has 0 aliphatic heterocycles. The van der Waals surface area contributed by atoms with Gasteiger partial charge < -0.3 is 21.3 Å². The molecule has 0 saturated heterocycles. The number of aromatic hydroxyl groups is 1. The number of phenols is 1. The molecule has 0 aromatic heterocycles. The van der Waals surface area contributed by atoms with Gasteiger partial charge in [0.25, 0.3) is 0 Å². The van der Waals surface area contributed by atoms with Crippen molar-refractivity contribution in [1.82, 2.24) is 0 Å². The zero-order valence-corrected chi connectivity index (χ0v) is 8.60. The fourth-order valence-corrected chi connectivity index (χ4v) is 1.05. The summed E-state index contributed by atoms with van der Waals surface area (Å²) in [6.45, 7) is 1.51. The number of carboxylic acids is 1. The highest BCUT2D eigenvalue weighted by molar-refractivity contribution is 5.96. The molecule has 86 valence electrons. The van der Waals surface area contributed by atoms with Crippen molar-refractivity contribution in [3.8, 4) is 5.75 Å². The first-order chi connectivity index (χ1) is 7.41. The first-order valence-corrected chi connectivity index (χ1v) is 4.54. The fraction of sp³-hybridized carbons (Fsp3) is 0.200. The predicted octanol–water partition coefficient (Wildman–Crippen LogP) is 0.376. The van der Waals surface area contributed by atoms with Crippen LogP contribution < -0.4 is 11.1 Å². The minimum atomic E-state index is -1.23. The third kappa shape index (κ3) is 2.71. The largest absolute Gasteiger partial charge is 0.507 e. The van der Waals surface area contributed by atoms with Gasteiger partial charge in [0.1, 0.15) is 11.3 Å². The van der Waals surface area contributed by atoms with Crippen LogP contribution in [0.4, 0.5) is 5.69 Å². The number of aromatic carboxylic acids is 1. The van der Waals surface area contributed by atoms with Crippen molar-refractivity contribution in [2.45, 2.75) is 13.0 Å². The van der Waals surface area contributed by atoms with E-state index in [1.807, 2.05) is 0 Å². The van der Waals surface area contributed by atoms with Crippen LogP contribution >= 0.6 is 0 Å². The van der Waals surface area contributed by atoms with E-state index in [2.05, 4.69) is 5.32 Å². The summed E-state index contributed by atoms with van der Waals surface area (Å²) in [4.78, 5) is 21.8. The average Bonchev–Trinajstić information content (AvgIpc) is 2.16. The number of carboxylic acid groups (broad SMARTS) is 1. The number of anilines is 1. The summed E-state index contributed by atoms with van der Waals surface area (Å²) >= 11 is 0. The molecular formula is C10H12N2O4. The first-order valence-electron chi connectivity index (χ1n) is 4.54. The van der Waals surface area contributed by atoms with Crippen LogP contribution in [0, 0.1) is 0 Å². The molecule has 1 aromatic rings. The maximum absolute atomic E-state index is 11.2. The van der Waals surface area contributed by atoms with Crippen LogP contribution in [0.1, 0.15) is 17.3 Å².